The van der Waals surface area contributed by atoms with E-state index in [1.165, 1.54) is 66.1 Å². The number of hydrogen-bond donors (Lipinski definition) is 0. The maximum Gasteiger partial charge on any atom is 0.0468 e. The molecule has 0 atom stereocenters. The van der Waals surface area contributed by atoms with E-state index in [9.17, 15) is 0 Å². The Hall–Kier alpha value is -5.92. The number of anilines is 3. The predicted molar refractivity (Wildman–Crippen MR) is 205 cm³/mol. The Morgan fingerprint density at radius 1 is 0.396 bits per heavy atom. The lowest BCUT2D eigenvalue weighted by Crippen LogP contribution is -2.14. The highest BCUT2D eigenvalue weighted by Gasteiger charge is 2.36. The van der Waals surface area contributed by atoms with Gasteiger partial charge in [-0.3, -0.25) is 0 Å². The Labute approximate surface area is 282 Å². The highest BCUT2D eigenvalue weighted by atomic mass is 15.1. The normalized spacial score (nSPS) is 13.0. The molecule has 0 unspecified atom stereocenters. The molecule has 1 heteroatoms. The molecule has 0 N–H and O–H groups in total. The first-order valence-electron chi connectivity index (χ1n) is 16.8. The molecule has 228 valence electrons. The van der Waals surface area contributed by atoms with Gasteiger partial charge in [-0.05, 0) is 102 Å². The smallest absolute Gasteiger partial charge is 0.0468 e. The van der Waals surface area contributed by atoms with E-state index in [2.05, 4.69) is 195 Å². The summed E-state index contributed by atoms with van der Waals surface area (Å²) in [4.78, 5) is 2.39. The van der Waals surface area contributed by atoms with Crippen molar-refractivity contribution in [2.45, 2.75) is 19.3 Å². The second-order valence-corrected chi connectivity index (χ2v) is 13.4. The first-order valence-corrected chi connectivity index (χ1v) is 16.8. The number of hydrogen-bond acceptors (Lipinski definition) is 1. The van der Waals surface area contributed by atoms with Crippen molar-refractivity contribution in [3.8, 4) is 33.4 Å². The van der Waals surface area contributed by atoms with Gasteiger partial charge in [0, 0.05) is 22.5 Å². The fourth-order valence-electron chi connectivity index (χ4n) is 7.78. The van der Waals surface area contributed by atoms with Crippen LogP contribution in [0.15, 0.2) is 176 Å². The molecule has 8 aromatic rings. The summed E-state index contributed by atoms with van der Waals surface area (Å²) in [7, 11) is 0. The van der Waals surface area contributed by atoms with Gasteiger partial charge in [-0.25, -0.2) is 0 Å². The minimum atomic E-state index is -0.0487. The van der Waals surface area contributed by atoms with E-state index in [0.717, 1.165) is 17.1 Å². The fourth-order valence-corrected chi connectivity index (χ4v) is 7.78. The Morgan fingerprint density at radius 3 is 1.50 bits per heavy atom. The van der Waals surface area contributed by atoms with E-state index in [0.29, 0.717) is 0 Å². The zero-order valence-corrected chi connectivity index (χ0v) is 27.2. The topological polar surface area (TPSA) is 3.24 Å². The van der Waals surface area contributed by atoms with Crippen molar-refractivity contribution in [1.82, 2.24) is 0 Å². The SMILES string of the molecule is CC1(C)c2ccccc2-c2c1ccc1ccc3ccc(N(c4ccc(-c5ccccc5)cc4)c4ccc(-c5ccccc5)cc4)cc3c21. The highest BCUT2D eigenvalue weighted by molar-refractivity contribution is 6.17. The molecule has 0 heterocycles. The van der Waals surface area contributed by atoms with Crippen molar-refractivity contribution >= 4 is 38.6 Å². The first kappa shape index (κ1) is 28.3. The Kier molecular flexibility index (Phi) is 6.55. The van der Waals surface area contributed by atoms with Gasteiger partial charge in [-0.2, -0.15) is 0 Å². The molecule has 0 spiro atoms. The molecule has 0 aliphatic heterocycles. The van der Waals surface area contributed by atoms with Crippen LogP contribution in [0.4, 0.5) is 17.1 Å². The lowest BCUT2D eigenvalue weighted by molar-refractivity contribution is 0.661. The average molecular weight is 614 g/mol. The number of nitrogens with zero attached hydrogens (tertiary/aromatic N) is 1. The molecule has 1 aliphatic rings. The molecule has 0 fully saturated rings. The summed E-state index contributed by atoms with van der Waals surface area (Å²) in [5.74, 6) is 0. The number of benzene rings is 8. The van der Waals surface area contributed by atoms with Crippen LogP contribution in [-0.2, 0) is 5.41 Å². The van der Waals surface area contributed by atoms with Crippen molar-refractivity contribution in [3.63, 3.8) is 0 Å². The minimum absolute atomic E-state index is 0.0487. The quantitative estimate of drug-likeness (QED) is 0.175. The molecular weight excluding hydrogens is 579 g/mol. The van der Waals surface area contributed by atoms with Crippen LogP contribution >= 0.6 is 0 Å². The molecule has 0 bridgehead atoms. The largest absolute Gasteiger partial charge is 0.310 e. The molecule has 0 radical (unpaired) electrons. The van der Waals surface area contributed by atoms with Crippen LogP contribution in [0.5, 0.6) is 0 Å². The molecule has 0 saturated heterocycles. The van der Waals surface area contributed by atoms with Crippen molar-refractivity contribution in [1.29, 1.82) is 0 Å². The Bertz CT molecular complexity index is 2360. The van der Waals surface area contributed by atoms with Gasteiger partial charge in [0.2, 0.25) is 0 Å². The summed E-state index contributed by atoms with van der Waals surface area (Å²) in [5.41, 5.74) is 13.7. The monoisotopic (exact) mass is 613 g/mol. The van der Waals surface area contributed by atoms with Gasteiger partial charge in [-0.1, -0.05) is 153 Å². The maximum atomic E-state index is 2.40. The van der Waals surface area contributed by atoms with E-state index >= 15 is 0 Å². The molecule has 48 heavy (non-hydrogen) atoms. The minimum Gasteiger partial charge on any atom is -0.310 e. The second kappa shape index (κ2) is 11.1. The molecule has 1 aliphatic carbocycles. The summed E-state index contributed by atoms with van der Waals surface area (Å²) in [5, 5.41) is 5.14. The standard InChI is InChI=1S/C47H35N/c1-47(2)43-16-10-9-15-41(43)46-44(47)30-24-37-18-17-36-23-29-40(31-42(36)45(37)46)48(38-25-19-34(20-26-38)32-11-5-3-6-12-32)39-27-21-35(22-28-39)33-13-7-4-8-14-33/h3-31H,1-2H3. The fraction of sp³-hybridized carbons (Fsp3) is 0.0638. The third kappa shape index (κ3) is 4.54. The second-order valence-electron chi connectivity index (χ2n) is 13.4. The van der Waals surface area contributed by atoms with Crippen LogP contribution in [-0.4, -0.2) is 0 Å². The van der Waals surface area contributed by atoms with E-state index in [1.54, 1.807) is 0 Å². The van der Waals surface area contributed by atoms with Gasteiger partial charge in [0.1, 0.15) is 0 Å². The van der Waals surface area contributed by atoms with Gasteiger partial charge in [0.25, 0.3) is 0 Å². The van der Waals surface area contributed by atoms with Gasteiger partial charge in [0.15, 0.2) is 0 Å². The first-order chi connectivity index (χ1) is 23.6. The third-order valence-corrected chi connectivity index (χ3v) is 10.3. The summed E-state index contributed by atoms with van der Waals surface area (Å²) in [6.07, 6.45) is 0. The molecule has 1 nitrogen and oxygen atoms in total. The zero-order valence-electron chi connectivity index (χ0n) is 27.2. The highest BCUT2D eigenvalue weighted by Crippen LogP contribution is 2.52. The number of rotatable bonds is 5. The summed E-state index contributed by atoms with van der Waals surface area (Å²) >= 11 is 0. The lowest BCUT2D eigenvalue weighted by Gasteiger charge is -2.27. The molecule has 8 aromatic carbocycles. The van der Waals surface area contributed by atoms with Crippen molar-refractivity contribution < 1.29 is 0 Å². The molecule has 0 saturated carbocycles. The van der Waals surface area contributed by atoms with Crippen molar-refractivity contribution in [3.05, 3.63) is 187 Å². The van der Waals surface area contributed by atoms with Crippen molar-refractivity contribution in [2.75, 3.05) is 4.90 Å². The van der Waals surface area contributed by atoms with Crippen LogP contribution in [0.3, 0.4) is 0 Å². The van der Waals surface area contributed by atoms with Crippen LogP contribution in [0.25, 0.3) is 54.9 Å². The zero-order chi connectivity index (χ0) is 32.2. The van der Waals surface area contributed by atoms with Gasteiger partial charge >= 0.3 is 0 Å². The van der Waals surface area contributed by atoms with E-state index in [1.807, 2.05) is 0 Å². The molecule has 0 aromatic heterocycles. The summed E-state index contributed by atoms with van der Waals surface area (Å²) < 4.78 is 0. The third-order valence-electron chi connectivity index (χ3n) is 10.3. The predicted octanol–water partition coefficient (Wildman–Crippen LogP) is 13.1. The van der Waals surface area contributed by atoms with Crippen LogP contribution < -0.4 is 4.90 Å². The summed E-state index contributed by atoms with van der Waals surface area (Å²) in [6.45, 7) is 4.72. The van der Waals surface area contributed by atoms with Gasteiger partial charge in [-0.15, -0.1) is 0 Å². The average Bonchev–Trinajstić information content (AvgIpc) is 3.39. The molecular formula is C47H35N. The van der Waals surface area contributed by atoms with E-state index in [4.69, 9.17) is 0 Å². The lowest BCUT2D eigenvalue weighted by atomic mass is 9.82. The summed E-state index contributed by atoms with van der Waals surface area (Å²) in [6, 6.07) is 64.3. The Morgan fingerprint density at radius 2 is 0.875 bits per heavy atom. The molecule has 9 rings (SSSR count). The van der Waals surface area contributed by atoms with Crippen LogP contribution in [0, 0.1) is 0 Å². The molecule has 0 amide bonds. The number of fused-ring (bicyclic) bond motifs is 7. The maximum absolute atomic E-state index is 2.40. The van der Waals surface area contributed by atoms with Gasteiger partial charge in [0.05, 0.1) is 0 Å². The van der Waals surface area contributed by atoms with Gasteiger partial charge < -0.3 is 4.90 Å². The van der Waals surface area contributed by atoms with Crippen LogP contribution in [0.2, 0.25) is 0 Å². The Balaban J connectivity index is 1.25. The van der Waals surface area contributed by atoms with E-state index < -0.39 is 0 Å². The van der Waals surface area contributed by atoms with Crippen LogP contribution in [0.1, 0.15) is 25.0 Å². The van der Waals surface area contributed by atoms with Crippen molar-refractivity contribution in [2.24, 2.45) is 0 Å². The van der Waals surface area contributed by atoms with E-state index in [-0.39, 0.29) is 5.41 Å².